The van der Waals surface area contributed by atoms with Crippen molar-refractivity contribution in [3.05, 3.63) is 47.6 Å². The molecule has 0 saturated carbocycles. The smallest absolute Gasteiger partial charge is 0.255 e. The summed E-state index contributed by atoms with van der Waals surface area (Å²) >= 11 is 0. The van der Waals surface area contributed by atoms with Crippen LogP contribution in [0.3, 0.4) is 0 Å². The maximum Gasteiger partial charge on any atom is 0.255 e. The van der Waals surface area contributed by atoms with Crippen LogP contribution in [0, 0.1) is 6.92 Å². The van der Waals surface area contributed by atoms with E-state index in [1.54, 1.807) is 18.5 Å². The normalized spacial score (nSPS) is 16.5. The molecular formula is C16H20N4O2. The molecule has 0 aliphatic carbocycles. The second-order valence-corrected chi connectivity index (χ2v) is 5.59. The molecule has 3 heterocycles. The number of aromatic nitrogens is 2. The van der Waals surface area contributed by atoms with E-state index in [4.69, 9.17) is 4.52 Å². The topological polar surface area (TPSA) is 62.5 Å². The molecule has 116 valence electrons. The van der Waals surface area contributed by atoms with Crippen LogP contribution in [0.15, 0.2) is 35.1 Å². The molecule has 1 amide bonds. The number of pyridine rings is 1. The number of aryl methyl sites for hydroxylation is 1. The second kappa shape index (κ2) is 6.70. The third-order valence-corrected chi connectivity index (χ3v) is 3.85. The zero-order valence-electron chi connectivity index (χ0n) is 12.7. The summed E-state index contributed by atoms with van der Waals surface area (Å²) in [5.41, 5.74) is 1.60. The Bertz CT molecular complexity index is 626. The van der Waals surface area contributed by atoms with Crippen molar-refractivity contribution < 1.29 is 9.32 Å². The summed E-state index contributed by atoms with van der Waals surface area (Å²) in [4.78, 5) is 20.7. The summed E-state index contributed by atoms with van der Waals surface area (Å²) in [6.07, 6.45) is 4.27. The third kappa shape index (κ3) is 3.51. The van der Waals surface area contributed by atoms with Gasteiger partial charge in [-0.3, -0.25) is 14.7 Å². The summed E-state index contributed by atoms with van der Waals surface area (Å²) in [5.74, 6) is 0.894. The van der Waals surface area contributed by atoms with Gasteiger partial charge in [-0.25, -0.2) is 0 Å². The molecule has 1 fully saturated rings. The molecule has 3 rings (SSSR count). The van der Waals surface area contributed by atoms with Gasteiger partial charge in [-0.2, -0.15) is 0 Å². The van der Waals surface area contributed by atoms with E-state index in [0.29, 0.717) is 5.56 Å². The van der Waals surface area contributed by atoms with E-state index in [-0.39, 0.29) is 5.91 Å². The van der Waals surface area contributed by atoms with Crippen LogP contribution in [0.5, 0.6) is 0 Å². The summed E-state index contributed by atoms with van der Waals surface area (Å²) in [5, 5.41) is 4.04. The van der Waals surface area contributed by atoms with Crippen molar-refractivity contribution in [2.24, 2.45) is 0 Å². The molecule has 0 spiro atoms. The number of carbonyl (C=O) groups excluding carboxylic acids is 1. The first-order valence-corrected chi connectivity index (χ1v) is 7.56. The Morgan fingerprint density at radius 2 is 2.23 bits per heavy atom. The van der Waals surface area contributed by atoms with Crippen LogP contribution in [0.25, 0.3) is 0 Å². The van der Waals surface area contributed by atoms with Gasteiger partial charge in [0.15, 0.2) is 0 Å². The Morgan fingerprint density at radius 3 is 2.95 bits per heavy atom. The summed E-state index contributed by atoms with van der Waals surface area (Å²) in [6, 6.07) is 5.57. The maximum absolute atomic E-state index is 12.5. The fourth-order valence-electron chi connectivity index (χ4n) is 2.73. The SMILES string of the molecule is Cc1cc(CN2CCCN(C(=O)c3cccnc3)CC2)no1. The lowest BCUT2D eigenvalue weighted by Gasteiger charge is -2.21. The van der Waals surface area contributed by atoms with E-state index in [2.05, 4.69) is 15.0 Å². The van der Waals surface area contributed by atoms with Gasteiger partial charge < -0.3 is 9.42 Å². The number of hydrogen-bond donors (Lipinski definition) is 0. The summed E-state index contributed by atoms with van der Waals surface area (Å²) in [7, 11) is 0. The highest BCUT2D eigenvalue weighted by molar-refractivity contribution is 5.93. The van der Waals surface area contributed by atoms with Crippen molar-refractivity contribution in [2.45, 2.75) is 19.9 Å². The molecule has 6 heteroatoms. The Balaban J connectivity index is 1.59. The van der Waals surface area contributed by atoms with Crippen LogP contribution in [0.2, 0.25) is 0 Å². The van der Waals surface area contributed by atoms with Crippen molar-refractivity contribution in [1.82, 2.24) is 19.9 Å². The predicted molar refractivity (Wildman–Crippen MR) is 81.3 cm³/mol. The minimum Gasteiger partial charge on any atom is -0.361 e. The Hall–Kier alpha value is -2.21. The van der Waals surface area contributed by atoms with Crippen molar-refractivity contribution >= 4 is 5.91 Å². The molecule has 0 N–H and O–H groups in total. The van der Waals surface area contributed by atoms with Gasteiger partial charge in [-0.1, -0.05) is 5.16 Å². The quantitative estimate of drug-likeness (QED) is 0.864. The lowest BCUT2D eigenvalue weighted by atomic mass is 10.2. The molecular weight excluding hydrogens is 280 g/mol. The highest BCUT2D eigenvalue weighted by atomic mass is 16.5. The standard InChI is InChI=1S/C16H20N4O2/c1-13-10-15(18-22-13)12-19-6-3-7-20(9-8-19)16(21)14-4-2-5-17-11-14/h2,4-5,10-11H,3,6-9,12H2,1H3. The first-order chi connectivity index (χ1) is 10.7. The Labute approximate surface area is 129 Å². The number of amides is 1. The van der Waals surface area contributed by atoms with Crippen LogP contribution in [-0.2, 0) is 6.54 Å². The first-order valence-electron chi connectivity index (χ1n) is 7.56. The number of carbonyl (C=O) groups is 1. The van der Waals surface area contributed by atoms with Crippen LogP contribution < -0.4 is 0 Å². The molecule has 1 aliphatic rings. The van der Waals surface area contributed by atoms with Crippen molar-refractivity contribution in [3.8, 4) is 0 Å². The van der Waals surface area contributed by atoms with E-state index in [1.807, 2.05) is 24.0 Å². The average Bonchev–Trinajstić information content (AvgIpc) is 2.81. The van der Waals surface area contributed by atoms with E-state index >= 15 is 0 Å². The highest BCUT2D eigenvalue weighted by Crippen LogP contribution is 2.11. The molecule has 22 heavy (non-hydrogen) atoms. The monoisotopic (exact) mass is 300 g/mol. The average molecular weight is 300 g/mol. The van der Waals surface area contributed by atoms with Gasteiger partial charge in [0.1, 0.15) is 5.76 Å². The molecule has 2 aromatic rings. The fourth-order valence-corrected chi connectivity index (χ4v) is 2.73. The molecule has 1 aliphatic heterocycles. The zero-order valence-corrected chi connectivity index (χ0v) is 12.7. The van der Waals surface area contributed by atoms with Gasteiger partial charge >= 0.3 is 0 Å². The Kier molecular flexibility index (Phi) is 4.48. The second-order valence-electron chi connectivity index (χ2n) is 5.59. The van der Waals surface area contributed by atoms with E-state index < -0.39 is 0 Å². The fraction of sp³-hybridized carbons (Fsp3) is 0.438. The van der Waals surface area contributed by atoms with Crippen molar-refractivity contribution in [3.63, 3.8) is 0 Å². The Morgan fingerprint density at radius 1 is 1.32 bits per heavy atom. The third-order valence-electron chi connectivity index (χ3n) is 3.85. The minimum absolute atomic E-state index is 0.0623. The van der Waals surface area contributed by atoms with Gasteiger partial charge in [0.25, 0.3) is 5.91 Å². The maximum atomic E-state index is 12.5. The van der Waals surface area contributed by atoms with Crippen LogP contribution >= 0.6 is 0 Å². The summed E-state index contributed by atoms with van der Waals surface area (Å²) in [6.45, 7) is 5.98. The predicted octanol–water partition coefficient (Wildman–Crippen LogP) is 1.73. The lowest BCUT2D eigenvalue weighted by Crippen LogP contribution is -2.35. The highest BCUT2D eigenvalue weighted by Gasteiger charge is 2.20. The zero-order chi connectivity index (χ0) is 15.4. The number of nitrogens with zero attached hydrogens (tertiary/aromatic N) is 4. The molecule has 0 radical (unpaired) electrons. The largest absolute Gasteiger partial charge is 0.361 e. The molecule has 6 nitrogen and oxygen atoms in total. The van der Waals surface area contributed by atoms with Gasteiger partial charge in [0.05, 0.1) is 11.3 Å². The molecule has 0 bridgehead atoms. The van der Waals surface area contributed by atoms with E-state index in [9.17, 15) is 4.79 Å². The van der Waals surface area contributed by atoms with Crippen LogP contribution in [0.4, 0.5) is 0 Å². The minimum atomic E-state index is 0.0623. The summed E-state index contributed by atoms with van der Waals surface area (Å²) < 4.78 is 5.11. The molecule has 0 aromatic carbocycles. The number of rotatable bonds is 3. The van der Waals surface area contributed by atoms with Crippen LogP contribution in [-0.4, -0.2) is 52.0 Å². The molecule has 2 aromatic heterocycles. The van der Waals surface area contributed by atoms with Crippen molar-refractivity contribution in [1.29, 1.82) is 0 Å². The van der Waals surface area contributed by atoms with E-state index in [0.717, 1.165) is 50.6 Å². The molecule has 0 unspecified atom stereocenters. The van der Waals surface area contributed by atoms with E-state index in [1.165, 1.54) is 0 Å². The first kappa shape index (κ1) is 14.7. The van der Waals surface area contributed by atoms with Gasteiger partial charge in [0, 0.05) is 51.2 Å². The lowest BCUT2D eigenvalue weighted by molar-refractivity contribution is 0.0760. The van der Waals surface area contributed by atoms with Gasteiger partial charge in [-0.15, -0.1) is 0 Å². The number of hydrogen-bond acceptors (Lipinski definition) is 5. The van der Waals surface area contributed by atoms with Crippen molar-refractivity contribution in [2.75, 3.05) is 26.2 Å². The molecule has 0 atom stereocenters. The molecule has 1 saturated heterocycles. The van der Waals surface area contributed by atoms with Gasteiger partial charge in [0.2, 0.25) is 0 Å². The van der Waals surface area contributed by atoms with Crippen LogP contribution in [0.1, 0.15) is 28.2 Å². The van der Waals surface area contributed by atoms with Gasteiger partial charge in [-0.05, 0) is 25.5 Å².